The van der Waals surface area contributed by atoms with Crippen LogP contribution < -0.4 is 4.74 Å². The Hall–Kier alpha value is -2.76. The molecule has 4 rings (SSSR count). The van der Waals surface area contributed by atoms with E-state index in [0.717, 1.165) is 22.7 Å². The number of hydrogen-bond donors (Lipinski definition) is 1. The van der Waals surface area contributed by atoms with Crippen LogP contribution in [-0.2, 0) is 6.54 Å². The molecule has 0 aliphatic carbocycles. The van der Waals surface area contributed by atoms with Crippen molar-refractivity contribution in [1.29, 1.82) is 0 Å². The fourth-order valence-electron chi connectivity index (χ4n) is 3.18. The molecule has 0 amide bonds. The molecule has 1 aliphatic heterocycles. The van der Waals surface area contributed by atoms with Crippen LogP contribution in [0.2, 0.25) is 0 Å². The van der Waals surface area contributed by atoms with Gasteiger partial charge < -0.3 is 9.84 Å². The van der Waals surface area contributed by atoms with Crippen LogP contribution in [0.4, 0.5) is 0 Å². The van der Waals surface area contributed by atoms with Gasteiger partial charge in [0.2, 0.25) is 0 Å². The van der Waals surface area contributed by atoms with Gasteiger partial charge in [-0.3, -0.25) is 4.90 Å². The zero-order valence-electron chi connectivity index (χ0n) is 14.4. The highest BCUT2D eigenvalue weighted by Crippen LogP contribution is 2.20. The molecule has 0 radical (unpaired) electrons. The van der Waals surface area contributed by atoms with Gasteiger partial charge in [-0.05, 0) is 12.1 Å². The third-order valence-electron chi connectivity index (χ3n) is 4.49. The van der Waals surface area contributed by atoms with Gasteiger partial charge in [-0.2, -0.15) is 0 Å². The molecule has 5 heteroatoms. The minimum absolute atomic E-state index is 0.220. The number of nitrogens with zero attached hydrogens (tertiary/aromatic N) is 3. The number of hydrogen-bond acceptors (Lipinski definition) is 5. The molecule has 0 bridgehead atoms. The summed E-state index contributed by atoms with van der Waals surface area (Å²) < 4.78 is 5.91. The normalized spacial score (nSPS) is 20.2. The molecule has 3 aromatic rings. The van der Waals surface area contributed by atoms with Gasteiger partial charge in [-0.1, -0.05) is 48.5 Å². The van der Waals surface area contributed by atoms with Gasteiger partial charge in [0.25, 0.3) is 0 Å². The number of β-amino-alcohol motifs (C(OH)–C–C–N with tert-alkyl or cyclic N) is 1. The van der Waals surface area contributed by atoms with Crippen molar-refractivity contribution in [2.45, 2.75) is 18.8 Å². The van der Waals surface area contributed by atoms with Crippen molar-refractivity contribution >= 4 is 0 Å². The maximum absolute atomic E-state index is 10.3. The van der Waals surface area contributed by atoms with E-state index in [1.165, 1.54) is 0 Å². The van der Waals surface area contributed by atoms with E-state index in [2.05, 4.69) is 14.9 Å². The number of aliphatic hydroxyl groups excluding tert-OH is 1. The third-order valence-corrected chi connectivity index (χ3v) is 4.49. The third kappa shape index (κ3) is 3.90. The lowest BCUT2D eigenvalue weighted by atomic mass is 10.2. The van der Waals surface area contributed by atoms with E-state index in [9.17, 15) is 5.11 Å². The van der Waals surface area contributed by atoms with Crippen molar-refractivity contribution in [2.24, 2.45) is 0 Å². The van der Waals surface area contributed by atoms with Crippen LogP contribution >= 0.6 is 0 Å². The second kappa shape index (κ2) is 7.64. The second-order valence-electron chi connectivity index (χ2n) is 6.51. The van der Waals surface area contributed by atoms with Gasteiger partial charge in [0.05, 0.1) is 0 Å². The number of rotatable bonds is 5. The monoisotopic (exact) mass is 347 g/mol. The quantitative estimate of drug-likeness (QED) is 0.769. The minimum atomic E-state index is -0.500. The topological polar surface area (TPSA) is 58.5 Å². The SMILES string of the molecule is O[C@@H]1CN(Cc2cnc(-c3ccccc3)nc2)C[C@H]1Oc1ccccc1. The number of para-hydroxylation sites is 1. The first-order chi connectivity index (χ1) is 12.8. The van der Waals surface area contributed by atoms with E-state index in [1.54, 1.807) is 0 Å². The van der Waals surface area contributed by atoms with Crippen LogP contribution in [0, 0.1) is 0 Å². The molecular formula is C21H21N3O2. The highest BCUT2D eigenvalue weighted by atomic mass is 16.5. The van der Waals surface area contributed by atoms with Crippen LogP contribution in [0.25, 0.3) is 11.4 Å². The zero-order chi connectivity index (χ0) is 17.8. The maximum atomic E-state index is 10.3. The molecule has 5 nitrogen and oxygen atoms in total. The number of ether oxygens (including phenoxy) is 1. The minimum Gasteiger partial charge on any atom is -0.486 e. The molecule has 1 fully saturated rings. The van der Waals surface area contributed by atoms with E-state index < -0.39 is 6.10 Å². The molecule has 1 N–H and O–H groups in total. The largest absolute Gasteiger partial charge is 0.486 e. The first-order valence-corrected chi connectivity index (χ1v) is 8.76. The lowest BCUT2D eigenvalue weighted by molar-refractivity contribution is 0.0737. The second-order valence-corrected chi connectivity index (χ2v) is 6.51. The molecular weight excluding hydrogens is 326 g/mol. The van der Waals surface area contributed by atoms with Crippen LogP contribution in [-0.4, -0.2) is 45.3 Å². The fourth-order valence-corrected chi connectivity index (χ4v) is 3.18. The summed E-state index contributed by atoms with van der Waals surface area (Å²) >= 11 is 0. The van der Waals surface area contributed by atoms with Crippen molar-refractivity contribution in [3.8, 4) is 17.1 Å². The fraction of sp³-hybridized carbons (Fsp3) is 0.238. The standard InChI is InChI=1S/C21H21N3O2/c25-19-14-24(15-20(19)26-18-9-5-2-6-10-18)13-16-11-22-21(23-12-16)17-7-3-1-4-8-17/h1-12,19-20,25H,13-15H2/t19-,20-/m1/s1. The zero-order valence-corrected chi connectivity index (χ0v) is 14.4. The number of benzene rings is 2. The summed E-state index contributed by atoms with van der Waals surface area (Å²) in [4.78, 5) is 11.1. The lowest BCUT2D eigenvalue weighted by Gasteiger charge is -2.17. The van der Waals surface area contributed by atoms with Crippen LogP contribution in [0.3, 0.4) is 0 Å². The van der Waals surface area contributed by atoms with Gasteiger partial charge in [-0.15, -0.1) is 0 Å². The van der Waals surface area contributed by atoms with Crippen molar-refractivity contribution in [3.05, 3.63) is 78.6 Å². The Morgan fingerprint density at radius 2 is 1.58 bits per heavy atom. The van der Waals surface area contributed by atoms with Gasteiger partial charge in [-0.25, -0.2) is 9.97 Å². The highest BCUT2D eigenvalue weighted by molar-refractivity contribution is 5.53. The molecule has 1 aromatic heterocycles. The molecule has 1 saturated heterocycles. The molecule has 26 heavy (non-hydrogen) atoms. The number of likely N-dealkylation sites (tertiary alicyclic amines) is 1. The van der Waals surface area contributed by atoms with E-state index in [1.807, 2.05) is 73.1 Å². The van der Waals surface area contributed by atoms with Crippen molar-refractivity contribution in [1.82, 2.24) is 14.9 Å². The molecule has 0 spiro atoms. The summed E-state index contributed by atoms with van der Waals surface area (Å²) in [7, 11) is 0. The highest BCUT2D eigenvalue weighted by Gasteiger charge is 2.33. The van der Waals surface area contributed by atoms with Crippen LogP contribution in [0.15, 0.2) is 73.1 Å². The smallest absolute Gasteiger partial charge is 0.159 e. The van der Waals surface area contributed by atoms with E-state index >= 15 is 0 Å². The summed E-state index contributed by atoms with van der Waals surface area (Å²) in [6, 6.07) is 19.6. The molecule has 0 unspecified atom stereocenters. The van der Waals surface area contributed by atoms with E-state index in [4.69, 9.17) is 4.74 Å². The predicted octanol–water partition coefficient (Wildman–Crippen LogP) is 2.77. The van der Waals surface area contributed by atoms with Gasteiger partial charge >= 0.3 is 0 Å². The predicted molar refractivity (Wildman–Crippen MR) is 99.6 cm³/mol. The average molecular weight is 347 g/mol. The maximum Gasteiger partial charge on any atom is 0.159 e. The first kappa shape index (κ1) is 16.7. The van der Waals surface area contributed by atoms with Crippen LogP contribution in [0.5, 0.6) is 5.75 Å². The Morgan fingerprint density at radius 1 is 0.923 bits per heavy atom. The molecule has 1 aliphatic rings. The molecule has 132 valence electrons. The Morgan fingerprint density at radius 3 is 2.27 bits per heavy atom. The van der Waals surface area contributed by atoms with Gasteiger partial charge in [0.1, 0.15) is 18.0 Å². The summed E-state index contributed by atoms with van der Waals surface area (Å²) in [5.41, 5.74) is 2.03. The summed E-state index contributed by atoms with van der Waals surface area (Å²) in [6.45, 7) is 1.95. The lowest BCUT2D eigenvalue weighted by Crippen LogP contribution is -2.29. The van der Waals surface area contributed by atoms with Crippen molar-refractivity contribution in [2.75, 3.05) is 13.1 Å². The average Bonchev–Trinajstić information content (AvgIpc) is 3.03. The van der Waals surface area contributed by atoms with E-state index in [0.29, 0.717) is 19.6 Å². The van der Waals surface area contributed by atoms with Gasteiger partial charge in [0, 0.05) is 43.2 Å². The summed E-state index contributed by atoms with van der Waals surface area (Å²) in [6.07, 6.45) is 2.99. The van der Waals surface area contributed by atoms with E-state index in [-0.39, 0.29) is 6.10 Å². The summed E-state index contributed by atoms with van der Waals surface area (Å²) in [5.74, 6) is 1.51. The molecule has 2 atom stereocenters. The first-order valence-electron chi connectivity index (χ1n) is 8.76. The number of aliphatic hydroxyl groups is 1. The number of aromatic nitrogens is 2. The van der Waals surface area contributed by atoms with Crippen molar-refractivity contribution < 1.29 is 9.84 Å². The van der Waals surface area contributed by atoms with Crippen LogP contribution in [0.1, 0.15) is 5.56 Å². The Labute approximate surface area is 152 Å². The Bertz CT molecular complexity index is 825. The Kier molecular flexibility index (Phi) is 4.91. The Balaban J connectivity index is 1.37. The van der Waals surface area contributed by atoms with Gasteiger partial charge in [0.15, 0.2) is 5.82 Å². The molecule has 2 aromatic carbocycles. The van der Waals surface area contributed by atoms with Crippen molar-refractivity contribution in [3.63, 3.8) is 0 Å². The molecule has 2 heterocycles. The molecule has 0 saturated carbocycles. The summed E-state index contributed by atoms with van der Waals surface area (Å²) in [5, 5.41) is 10.3.